The molecule has 0 saturated heterocycles. The van der Waals surface area contributed by atoms with E-state index in [1.165, 1.54) is 22.0 Å². The van der Waals surface area contributed by atoms with Gasteiger partial charge in [-0.25, -0.2) is 8.42 Å². The van der Waals surface area contributed by atoms with Crippen molar-refractivity contribution in [2.24, 2.45) is 0 Å². The predicted molar refractivity (Wildman–Crippen MR) is 139 cm³/mol. The summed E-state index contributed by atoms with van der Waals surface area (Å²) < 4.78 is 34.3. The summed E-state index contributed by atoms with van der Waals surface area (Å²) >= 11 is 0. The minimum atomic E-state index is -3.98. The highest BCUT2D eigenvalue weighted by Gasteiger charge is 2.30. The van der Waals surface area contributed by atoms with Crippen molar-refractivity contribution in [2.75, 3.05) is 17.4 Å². The largest absolute Gasteiger partial charge is 0.457 e. The zero-order valence-electron chi connectivity index (χ0n) is 19.7. The average molecular weight is 499 g/mol. The molecule has 0 fully saturated rings. The number of para-hydroxylation sites is 1. The van der Waals surface area contributed by atoms with Crippen LogP contribution >= 0.6 is 0 Å². The van der Waals surface area contributed by atoms with Gasteiger partial charge in [-0.2, -0.15) is 0 Å². The topological polar surface area (TPSA) is 66.9 Å². The summed E-state index contributed by atoms with van der Waals surface area (Å²) in [4.78, 5) is 15.2. The molecule has 5 rings (SSSR count). The number of carbonyl (C=O) groups excluding carboxylic acids is 1. The zero-order valence-corrected chi connectivity index (χ0v) is 20.5. The van der Waals surface area contributed by atoms with E-state index in [-0.39, 0.29) is 17.3 Å². The molecule has 0 saturated carbocycles. The molecule has 7 heteroatoms. The zero-order chi connectivity index (χ0) is 25.0. The van der Waals surface area contributed by atoms with Crippen LogP contribution in [-0.4, -0.2) is 32.3 Å². The van der Waals surface area contributed by atoms with Crippen LogP contribution in [0, 0.1) is 0 Å². The van der Waals surface area contributed by atoms with Gasteiger partial charge < -0.3 is 9.64 Å². The normalized spacial score (nSPS) is 13.1. The van der Waals surface area contributed by atoms with E-state index in [0.717, 1.165) is 12.0 Å². The maximum atomic E-state index is 13.6. The molecule has 0 aromatic heterocycles. The third kappa shape index (κ3) is 5.11. The van der Waals surface area contributed by atoms with Crippen LogP contribution < -0.4 is 9.04 Å². The lowest BCUT2D eigenvalue weighted by atomic mass is 10.00. The Morgan fingerprint density at radius 1 is 0.750 bits per heavy atom. The van der Waals surface area contributed by atoms with Gasteiger partial charge >= 0.3 is 0 Å². The van der Waals surface area contributed by atoms with Crippen molar-refractivity contribution in [1.82, 2.24) is 4.90 Å². The molecule has 0 bridgehead atoms. The molecule has 0 N–H and O–H groups in total. The third-order valence-corrected chi connectivity index (χ3v) is 7.99. The summed E-state index contributed by atoms with van der Waals surface area (Å²) in [7, 11) is -3.98. The van der Waals surface area contributed by atoms with Gasteiger partial charge in [0.1, 0.15) is 18.0 Å². The number of benzene rings is 4. The van der Waals surface area contributed by atoms with Gasteiger partial charge in [0.25, 0.3) is 10.0 Å². The lowest BCUT2D eigenvalue weighted by Gasteiger charge is -2.31. The molecule has 0 atom stereocenters. The first-order valence-corrected chi connectivity index (χ1v) is 13.2. The number of anilines is 1. The molecule has 6 nitrogen and oxygen atoms in total. The molecule has 0 radical (unpaired) electrons. The number of hydrogen-bond acceptors (Lipinski definition) is 4. The van der Waals surface area contributed by atoms with Crippen LogP contribution in [0.25, 0.3) is 0 Å². The number of amides is 1. The summed E-state index contributed by atoms with van der Waals surface area (Å²) in [6.45, 7) is 0.731. The summed E-state index contributed by atoms with van der Waals surface area (Å²) in [6, 6.07) is 32.3. The van der Waals surface area contributed by atoms with E-state index < -0.39 is 10.0 Å². The number of carbonyl (C=O) groups is 1. The van der Waals surface area contributed by atoms with Gasteiger partial charge in [-0.1, -0.05) is 60.7 Å². The quantitative estimate of drug-likeness (QED) is 0.349. The first-order chi connectivity index (χ1) is 17.5. The predicted octanol–water partition coefficient (Wildman–Crippen LogP) is 5.26. The van der Waals surface area contributed by atoms with Crippen LogP contribution in [0.3, 0.4) is 0 Å². The first-order valence-electron chi connectivity index (χ1n) is 11.8. The summed E-state index contributed by atoms with van der Waals surface area (Å²) in [6.07, 6.45) is 0.749. The second kappa shape index (κ2) is 10.3. The Morgan fingerprint density at radius 2 is 1.33 bits per heavy atom. The van der Waals surface area contributed by atoms with Gasteiger partial charge in [0, 0.05) is 13.1 Å². The highest BCUT2D eigenvalue weighted by Crippen LogP contribution is 2.28. The van der Waals surface area contributed by atoms with Crippen LogP contribution in [0.5, 0.6) is 11.5 Å². The van der Waals surface area contributed by atoms with E-state index >= 15 is 0 Å². The Labute approximate surface area is 211 Å². The highest BCUT2D eigenvalue weighted by atomic mass is 32.2. The Kier molecular flexibility index (Phi) is 6.73. The molecular weight excluding hydrogens is 472 g/mol. The van der Waals surface area contributed by atoms with Gasteiger partial charge in [-0.05, 0) is 66.1 Å². The molecule has 1 aliphatic rings. The number of nitrogens with zero attached hydrogens (tertiary/aromatic N) is 2. The Balaban J connectivity index is 1.42. The van der Waals surface area contributed by atoms with Gasteiger partial charge in [0.05, 0.1) is 10.6 Å². The Morgan fingerprint density at radius 3 is 2.03 bits per heavy atom. The van der Waals surface area contributed by atoms with Gasteiger partial charge in [0.2, 0.25) is 5.91 Å². The molecule has 4 aromatic carbocycles. The van der Waals surface area contributed by atoms with E-state index in [1.807, 2.05) is 48.5 Å². The van der Waals surface area contributed by atoms with Crippen LogP contribution in [0.4, 0.5) is 5.69 Å². The molecule has 1 amide bonds. The monoisotopic (exact) mass is 498 g/mol. The lowest BCUT2D eigenvalue weighted by Crippen LogP contribution is -2.44. The Hall–Kier alpha value is -4.10. The average Bonchev–Trinajstić information content (AvgIpc) is 2.93. The second-order valence-corrected chi connectivity index (χ2v) is 10.4. The minimum absolute atomic E-state index is 0.131. The highest BCUT2D eigenvalue weighted by molar-refractivity contribution is 7.92. The number of rotatable bonds is 7. The van der Waals surface area contributed by atoms with Crippen LogP contribution in [0.1, 0.15) is 11.1 Å². The number of hydrogen-bond donors (Lipinski definition) is 0. The molecule has 36 heavy (non-hydrogen) atoms. The fourth-order valence-electron chi connectivity index (χ4n) is 4.27. The fraction of sp³-hybridized carbons (Fsp3) is 0.138. The summed E-state index contributed by atoms with van der Waals surface area (Å²) in [5, 5.41) is 0. The molecule has 0 spiro atoms. The molecule has 0 unspecified atom stereocenters. The van der Waals surface area contributed by atoms with Crippen molar-refractivity contribution >= 4 is 21.6 Å². The third-order valence-electron chi connectivity index (χ3n) is 6.20. The molecule has 1 aliphatic heterocycles. The van der Waals surface area contributed by atoms with E-state index in [9.17, 15) is 13.2 Å². The first kappa shape index (κ1) is 23.6. The van der Waals surface area contributed by atoms with Crippen molar-refractivity contribution in [1.29, 1.82) is 0 Å². The summed E-state index contributed by atoms with van der Waals surface area (Å²) in [5.41, 5.74) is 2.71. The SMILES string of the molecule is O=C(CN(c1ccc(Oc2ccccc2)cc1)S(=O)(=O)c1ccccc1)N1CCc2ccccc2C1. The van der Waals surface area contributed by atoms with Crippen molar-refractivity contribution in [2.45, 2.75) is 17.9 Å². The summed E-state index contributed by atoms with van der Waals surface area (Å²) in [5.74, 6) is 1.01. The van der Waals surface area contributed by atoms with Gasteiger partial charge in [-0.3, -0.25) is 9.10 Å². The smallest absolute Gasteiger partial charge is 0.264 e. The minimum Gasteiger partial charge on any atom is -0.457 e. The maximum Gasteiger partial charge on any atom is 0.264 e. The lowest BCUT2D eigenvalue weighted by molar-refractivity contribution is -0.130. The van der Waals surface area contributed by atoms with Crippen LogP contribution in [0.2, 0.25) is 0 Å². The van der Waals surface area contributed by atoms with E-state index in [4.69, 9.17) is 4.74 Å². The number of ether oxygens (including phenoxy) is 1. The van der Waals surface area contributed by atoms with Crippen molar-refractivity contribution in [3.05, 3.63) is 120 Å². The number of sulfonamides is 1. The van der Waals surface area contributed by atoms with E-state index in [0.29, 0.717) is 30.3 Å². The van der Waals surface area contributed by atoms with Crippen molar-refractivity contribution < 1.29 is 17.9 Å². The van der Waals surface area contributed by atoms with Gasteiger partial charge in [-0.15, -0.1) is 0 Å². The van der Waals surface area contributed by atoms with Crippen LogP contribution in [-0.2, 0) is 27.8 Å². The molecular formula is C29H26N2O4S. The van der Waals surface area contributed by atoms with Gasteiger partial charge in [0.15, 0.2) is 0 Å². The molecule has 182 valence electrons. The van der Waals surface area contributed by atoms with Crippen molar-refractivity contribution in [3.8, 4) is 11.5 Å². The second-order valence-electron chi connectivity index (χ2n) is 8.57. The number of fused-ring (bicyclic) bond motifs is 1. The Bertz CT molecular complexity index is 1440. The van der Waals surface area contributed by atoms with E-state index in [1.54, 1.807) is 47.4 Å². The molecule has 1 heterocycles. The van der Waals surface area contributed by atoms with Crippen LogP contribution in [0.15, 0.2) is 114 Å². The molecule has 4 aromatic rings. The van der Waals surface area contributed by atoms with Crippen molar-refractivity contribution in [3.63, 3.8) is 0 Å². The maximum absolute atomic E-state index is 13.6. The van der Waals surface area contributed by atoms with E-state index in [2.05, 4.69) is 6.07 Å². The standard InChI is InChI=1S/C29H26N2O4S/c32-29(30-20-19-23-9-7-8-10-24(23)21-30)22-31(36(33,34)28-13-5-2-6-14-28)25-15-17-27(18-16-25)35-26-11-3-1-4-12-26/h1-18H,19-22H2. The fourth-order valence-corrected chi connectivity index (χ4v) is 5.71. The molecule has 0 aliphatic carbocycles.